The molecule has 0 radical (unpaired) electrons. The van der Waals surface area contributed by atoms with Crippen LogP contribution < -0.4 is 15.0 Å². The van der Waals surface area contributed by atoms with Crippen LogP contribution in [-0.2, 0) is 22.6 Å². The Morgan fingerprint density at radius 3 is 2.29 bits per heavy atom. The van der Waals surface area contributed by atoms with Crippen molar-refractivity contribution >= 4 is 35.0 Å². The van der Waals surface area contributed by atoms with Crippen LogP contribution in [0.25, 0.3) is 11.1 Å². The van der Waals surface area contributed by atoms with Gasteiger partial charge >= 0.3 is 5.97 Å². The summed E-state index contributed by atoms with van der Waals surface area (Å²) in [7, 11) is 2.80. The molecule has 0 aliphatic carbocycles. The van der Waals surface area contributed by atoms with Gasteiger partial charge in [-0.25, -0.2) is 4.79 Å². The molecule has 0 fully saturated rings. The molecule has 4 rings (SSSR count). The number of nitro groups is 1. The fraction of sp³-hybridized carbons (Fsp3) is 0.257. The van der Waals surface area contributed by atoms with Gasteiger partial charge in [0.2, 0.25) is 0 Å². The van der Waals surface area contributed by atoms with Crippen LogP contribution in [0.3, 0.4) is 0 Å². The summed E-state index contributed by atoms with van der Waals surface area (Å²) in [5.41, 5.74) is 5.62. The standard InChI is InChI=1S/C35H37N3O6S/c1-24-10-8-9-13-30(24)32-20-25(14-15-31(32)34(39)36-33(16-17-45-4)35(40)44-3)22-37(27-11-6-5-7-12-27)23-26-18-28(38(41)42)21-29(19-26)43-2/h5-15,18-21,33H,16-17,22-23H2,1-4H3,(H,36,39). The Morgan fingerprint density at radius 2 is 1.62 bits per heavy atom. The van der Waals surface area contributed by atoms with E-state index in [4.69, 9.17) is 9.47 Å². The number of benzene rings is 4. The van der Waals surface area contributed by atoms with Gasteiger partial charge in [0.15, 0.2) is 0 Å². The third kappa shape index (κ3) is 8.63. The molecule has 0 saturated heterocycles. The molecule has 0 aliphatic heterocycles. The number of nitrogens with one attached hydrogen (secondary N) is 1. The van der Waals surface area contributed by atoms with Gasteiger partial charge < -0.3 is 19.7 Å². The van der Waals surface area contributed by atoms with Gasteiger partial charge in [-0.1, -0.05) is 48.5 Å². The average Bonchev–Trinajstić information content (AvgIpc) is 3.06. The maximum absolute atomic E-state index is 13.7. The lowest BCUT2D eigenvalue weighted by atomic mass is 9.93. The Balaban J connectivity index is 1.74. The van der Waals surface area contributed by atoms with Gasteiger partial charge in [-0.3, -0.25) is 14.9 Å². The van der Waals surface area contributed by atoms with Gasteiger partial charge in [-0.2, -0.15) is 11.8 Å². The number of methoxy groups -OCH3 is 2. The quantitative estimate of drug-likeness (QED) is 0.0922. The van der Waals surface area contributed by atoms with Crippen LogP contribution in [0.5, 0.6) is 5.75 Å². The SMILES string of the molecule is COC(=O)C(CCSC)NC(=O)c1ccc(CN(Cc2cc(OC)cc([N+](=O)[O-])c2)c2ccccc2)cc1-c1ccccc1C. The third-order valence-corrected chi connectivity index (χ3v) is 8.08. The van der Waals surface area contributed by atoms with Crippen LogP contribution in [0.15, 0.2) is 91.0 Å². The average molecular weight is 628 g/mol. The van der Waals surface area contributed by atoms with E-state index in [1.54, 1.807) is 30.0 Å². The number of esters is 1. The van der Waals surface area contributed by atoms with Crippen LogP contribution in [0.1, 0.15) is 33.5 Å². The molecule has 1 unspecified atom stereocenters. The lowest BCUT2D eigenvalue weighted by Gasteiger charge is -2.26. The predicted octanol–water partition coefficient (Wildman–Crippen LogP) is 6.81. The van der Waals surface area contributed by atoms with Gasteiger partial charge in [-0.15, -0.1) is 0 Å². The Hall–Kier alpha value is -4.83. The molecule has 234 valence electrons. The zero-order chi connectivity index (χ0) is 32.3. The minimum atomic E-state index is -0.764. The van der Waals surface area contributed by atoms with Crippen molar-refractivity contribution in [2.24, 2.45) is 0 Å². The molecule has 45 heavy (non-hydrogen) atoms. The summed E-state index contributed by atoms with van der Waals surface area (Å²) < 4.78 is 10.3. The summed E-state index contributed by atoms with van der Waals surface area (Å²) in [5, 5.41) is 14.5. The molecular formula is C35H37N3O6S. The lowest BCUT2D eigenvalue weighted by Crippen LogP contribution is -2.42. The van der Waals surface area contributed by atoms with E-state index in [-0.39, 0.29) is 11.6 Å². The highest BCUT2D eigenvalue weighted by Gasteiger charge is 2.24. The van der Waals surface area contributed by atoms with Crippen LogP contribution in [-0.4, -0.2) is 49.1 Å². The van der Waals surface area contributed by atoms with E-state index in [0.717, 1.165) is 33.5 Å². The first-order valence-electron chi connectivity index (χ1n) is 14.4. The number of ether oxygens (including phenoxy) is 2. The second-order valence-electron chi connectivity index (χ2n) is 10.5. The number of nitrogens with zero attached hydrogens (tertiary/aromatic N) is 2. The maximum atomic E-state index is 13.7. The zero-order valence-corrected chi connectivity index (χ0v) is 26.6. The molecule has 1 atom stereocenters. The maximum Gasteiger partial charge on any atom is 0.328 e. The van der Waals surface area contributed by atoms with Crippen molar-refractivity contribution in [3.63, 3.8) is 0 Å². The zero-order valence-electron chi connectivity index (χ0n) is 25.8. The topological polar surface area (TPSA) is 111 Å². The Kier molecular flexibility index (Phi) is 11.6. The predicted molar refractivity (Wildman–Crippen MR) is 179 cm³/mol. The van der Waals surface area contributed by atoms with Crippen LogP contribution in [0, 0.1) is 17.0 Å². The molecule has 4 aromatic carbocycles. The minimum absolute atomic E-state index is 0.0441. The minimum Gasteiger partial charge on any atom is -0.496 e. The number of hydrogen-bond donors (Lipinski definition) is 1. The van der Waals surface area contributed by atoms with E-state index < -0.39 is 16.9 Å². The second kappa shape index (κ2) is 15.8. The first-order chi connectivity index (χ1) is 21.7. The lowest BCUT2D eigenvalue weighted by molar-refractivity contribution is -0.385. The van der Waals surface area contributed by atoms with Crippen molar-refractivity contribution in [3.8, 4) is 16.9 Å². The molecule has 0 bridgehead atoms. The third-order valence-electron chi connectivity index (χ3n) is 7.43. The number of non-ortho nitro benzene ring substituents is 1. The molecule has 0 spiro atoms. The van der Waals surface area contributed by atoms with E-state index in [1.807, 2.05) is 79.9 Å². The molecule has 1 amide bonds. The van der Waals surface area contributed by atoms with Crippen molar-refractivity contribution in [2.75, 3.05) is 31.1 Å². The van der Waals surface area contributed by atoms with Gasteiger partial charge in [0.1, 0.15) is 11.8 Å². The van der Waals surface area contributed by atoms with Gasteiger partial charge in [0.25, 0.3) is 11.6 Å². The summed E-state index contributed by atoms with van der Waals surface area (Å²) in [5.74, 6) is 0.255. The molecule has 0 aromatic heterocycles. The van der Waals surface area contributed by atoms with E-state index >= 15 is 0 Å². The molecule has 10 heteroatoms. The highest BCUT2D eigenvalue weighted by Crippen LogP contribution is 2.31. The number of anilines is 1. The monoisotopic (exact) mass is 627 g/mol. The molecule has 9 nitrogen and oxygen atoms in total. The first-order valence-corrected chi connectivity index (χ1v) is 15.8. The van der Waals surface area contributed by atoms with Crippen molar-refractivity contribution in [2.45, 2.75) is 32.5 Å². The van der Waals surface area contributed by atoms with Crippen molar-refractivity contribution in [1.29, 1.82) is 0 Å². The fourth-order valence-electron chi connectivity index (χ4n) is 5.12. The van der Waals surface area contributed by atoms with Crippen molar-refractivity contribution in [1.82, 2.24) is 5.32 Å². The van der Waals surface area contributed by atoms with Crippen molar-refractivity contribution in [3.05, 3.63) is 123 Å². The number of hydrogen-bond acceptors (Lipinski definition) is 8. The first kappa shape index (κ1) is 33.1. The largest absolute Gasteiger partial charge is 0.496 e. The van der Waals surface area contributed by atoms with E-state index in [1.165, 1.54) is 20.3 Å². The van der Waals surface area contributed by atoms with Crippen molar-refractivity contribution < 1.29 is 24.0 Å². The molecule has 0 saturated carbocycles. The molecule has 0 heterocycles. The fourth-order valence-corrected chi connectivity index (χ4v) is 5.60. The van der Waals surface area contributed by atoms with Gasteiger partial charge in [-0.05, 0) is 83.5 Å². The highest BCUT2D eigenvalue weighted by atomic mass is 32.2. The number of rotatable bonds is 14. The summed E-state index contributed by atoms with van der Waals surface area (Å²) in [6.45, 7) is 2.82. The van der Waals surface area contributed by atoms with Gasteiger partial charge in [0, 0.05) is 30.4 Å². The van der Waals surface area contributed by atoms with E-state index in [2.05, 4.69) is 10.2 Å². The number of nitro benzene ring substituents is 1. The summed E-state index contributed by atoms with van der Waals surface area (Å²) in [4.78, 5) is 39.4. The Morgan fingerprint density at radius 1 is 0.911 bits per heavy atom. The molecule has 1 N–H and O–H groups in total. The van der Waals surface area contributed by atoms with Crippen LogP contribution in [0.2, 0.25) is 0 Å². The molecule has 4 aromatic rings. The van der Waals surface area contributed by atoms with E-state index in [9.17, 15) is 19.7 Å². The smallest absolute Gasteiger partial charge is 0.328 e. The summed E-state index contributed by atoms with van der Waals surface area (Å²) >= 11 is 1.59. The Bertz CT molecular complexity index is 1650. The summed E-state index contributed by atoms with van der Waals surface area (Å²) in [6.07, 6.45) is 2.39. The second-order valence-corrected chi connectivity index (χ2v) is 11.5. The number of carbonyl (C=O) groups excluding carboxylic acids is 2. The van der Waals surface area contributed by atoms with E-state index in [0.29, 0.717) is 36.6 Å². The number of para-hydroxylation sites is 1. The number of aryl methyl sites for hydroxylation is 1. The normalized spacial score (nSPS) is 11.4. The molecule has 0 aliphatic rings. The molecular weight excluding hydrogens is 590 g/mol. The highest BCUT2D eigenvalue weighted by molar-refractivity contribution is 7.98. The van der Waals surface area contributed by atoms with Crippen LogP contribution >= 0.6 is 11.8 Å². The summed E-state index contributed by atoms with van der Waals surface area (Å²) in [6, 6.07) is 27.3. The number of thioether (sulfide) groups is 1. The Labute approximate surface area is 267 Å². The number of amides is 1. The number of carbonyl (C=O) groups is 2. The van der Waals surface area contributed by atoms with Crippen LogP contribution in [0.4, 0.5) is 11.4 Å². The van der Waals surface area contributed by atoms with Gasteiger partial charge in [0.05, 0.1) is 25.2 Å².